The number of nitrogens with two attached hydrogens (primary N) is 1. The zero-order valence-electron chi connectivity index (χ0n) is 16.8. The molecule has 6 nitrogen and oxygen atoms in total. The van der Waals surface area contributed by atoms with E-state index in [1.165, 1.54) is 29.9 Å². The number of aromatic nitrogens is 1. The highest BCUT2D eigenvalue weighted by Gasteiger charge is 2.20. The third-order valence-electron chi connectivity index (χ3n) is 5.44. The zero-order chi connectivity index (χ0) is 20.4. The Kier molecular flexibility index (Phi) is 5.60. The van der Waals surface area contributed by atoms with Crippen LogP contribution in [-0.2, 0) is 0 Å². The van der Waals surface area contributed by atoms with Crippen LogP contribution < -0.4 is 16.0 Å². The summed E-state index contributed by atoms with van der Waals surface area (Å²) in [5.74, 6) is 0.679. The molecule has 152 valence electrons. The van der Waals surface area contributed by atoms with Crippen LogP contribution in [0.15, 0.2) is 48.5 Å². The van der Waals surface area contributed by atoms with Crippen LogP contribution >= 0.6 is 11.3 Å². The molecule has 2 aromatic carbocycles. The Balaban J connectivity index is 1.43. The second kappa shape index (κ2) is 8.31. The molecule has 0 radical (unpaired) electrons. The maximum Gasteiger partial charge on any atom is 0.189 e. The molecule has 1 aliphatic heterocycles. The third kappa shape index (κ3) is 4.46. The molecule has 1 aliphatic rings. The number of aromatic hydroxyl groups is 1. The number of phenols is 1. The van der Waals surface area contributed by atoms with Crippen molar-refractivity contribution in [2.45, 2.75) is 18.9 Å². The van der Waals surface area contributed by atoms with Crippen molar-refractivity contribution in [1.82, 2.24) is 9.88 Å². The Bertz CT molecular complexity index is 962. The smallest absolute Gasteiger partial charge is 0.189 e. The van der Waals surface area contributed by atoms with Crippen LogP contribution in [0.1, 0.15) is 12.8 Å². The maximum absolute atomic E-state index is 9.70. The quantitative estimate of drug-likeness (QED) is 0.581. The van der Waals surface area contributed by atoms with E-state index in [0.717, 1.165) is 34.3 Å². The Morgan fingerprint density at radius 1 is 1.14 bits per heavy atom. The molecular formula is C22H27N5OS. The van der Waals surface area contributed by atoms with Gasteiger partial charge < -0.3 is 26.0 Å². The van der Waals surface area contributed by atoms with E-state index >= 15 is 0 Å². The minimum atomic E-state index is 0.218. The molecule has 3 aromatic rings. The highest BCUT2D eigenvalue weighted by atomic mass is 32.1. The standard InChI is InChI=1S/C22H27N5OS/c1-26(2)17-10-12-27(13-11-17)18-8-6-16(7-9-18)24-22-25-21(23)20(29-22)15-4-3-5-19(28)14-15/h3-9,14,17,28H,10-13,23H2,1-2H3,(H,24,25). The fraction of sp³-hybridized carbons (Fsp3) is 0.318. The van der Waals surface area contributed by atoms with Crippen molar-refractivity contribution in [2.24, 2.45) is 0 Å². The Hall–Kier alpha value is -2.77. The number of nitrogens with zero attached hydrogens (tertiary/aromatic N) is 3. The van der Waals surface area contributed by atoms with Gasteiger partial charge in [-0.2, -0.15) is 0 Å². The van der Waals surface area contributed by atoms with Gasteiger partial charge in [-0.15, -0.1) is 0 Å². The van der Waals surface area contributed by atoms with Crippen molar-refractivity contribution >= 4 is 33.7 Å². The summed E-state index contributed by atoms with van der Waals surface area (Å²) in [5, 5.41) is 13.8. The number of anilines is 4. The molecule has 0 bridgehead atoms. The first kappa shape index (κ1) is 19.5. The molecule has 0 atom stereocenters. The first-order valence-electron chi connectivity index (χ1n) is 9.84. The lowest BCUT2D eigenvalue weighted by Crippen LogP contribution is -2.41. The molecule has 0 amide bonds. The number of benzene rings is 2. The molecular weight excluding hydrogens is 382 g/mol. The highest BCUT2D eigenvalue weighted by molar-refractivity contribution is 7.19. The summed E-state index contributed by atoms with van der Waals surface area (Å²) in [7, 11) is 4.33. The van der Waals surface area contributed by atoms with Crippen LogP contribution in [0.2, 0.25) is 0 Å². The van der Waals surface area contributed by atoms with E-state index in [9.17, 15) is 5.11 Å². The summed E-state index contributed by atoms with van der Waals surface area (Å²) in [4.78, 5) is 10.1. The lowest BCUT2D eigenvalue weighted by molar-refractivity contribution is 0.249. The lowest BCUT2D eigenvalue weighted by atomic mass is 10.0. The van der Waals surface area contributed by atoms with Crippen LogP contribution in [0.5, 0.6) is 5.75 Å². The normalized spacial score (nSPS) is 15.1. The minimum absolute atomic E-state index is 0.218. The van der Waals surface area contributed by atoms with Crippen molar-refractivity contribution in [2.75, 3.05) is 43.1 Å². The highest BCUT2D eigenvalue weighted by Crippen LogP contribution is 2.37. The minimum Gasteiger partial charge on any atom is -0.508 e. The Morgan fingerprint density at radius 2 is 1.86 bits per heavy atom. The van der Waals surface area contributed by atoms with E-state index in [1.807, 2.05) is 6.07 Å². The number of hydrogen-bond donors (Lipinski definition) is 3. The lowest BCUT2D eigenvalue weighted by Gasteiger charge is -2.36. The Morgan fingerprint density at radius 3 is 2.52 bits per heavy atom. The molecule has 2 heterocycles. The van der Waals surface area contributed by atoms with Gasteiger partial charge >= 0.3 is 0 Å². The number of hydrogen-bond acceptors (Lipinski definition) is 7. The molecule has 1 saturated heterocycles. The maximum atomic E-state index is 9.70. The van der Waals surface area contributed by atoms with E-state index in [1.54, 1.807) is 18.2 Å². The monoisotopic (exact) mass is 409 g/mol. The van der Waals surface area contributed by atoms with Gasteiger partial charge in [-0.1, -0.05) is 23.5 Å². The molecule has 29 heavy (non-hydrogen) atoms. The molecule has 0 unspecified atom stereocenters. The van der Waals surface area contributed by atoms with E-state index in [0.29, 0.717) is 11.9 Å². The number of nitrogens with one attached hydrogen (secondary N) is 1. The van der Waals surface area contributed by atoms with E-state index in [2.05, 4.69) is 58.5 Å². The molecule has 7 heteroatoms. The third-order valence-corrected chi connectivity index (χ3v) is 6.48. The summed E-state index contributed by atoms with van der Waals surface area (Å²) < 4.78 is 0. The van der Waals surface area contributed by atoms with Gasteiger partial charge in [0.1, 0.15) is 11.6 Å². The van der Waals surface area contributed by atoms with Crippen molar-refractivity contribution in [1.29, 1.82) is 0 Å². The van der Waals surface area contributed by atoms with Crippen LogP contribution in [0.25, 0.3) is 10.4 Å². The fourth-order valence-electron chi connectivity index (χ4n) is 3.76. The van der Waals surface area contributed by atoms with Gasteiger partial charge in [0.25, 0.3) is 0 Å². The van der Waals surface area contributed by atoms with E-state index < -0.39 is 0 Å². The zero-order valence-corrected chi connectivity index (χ0v) is 17.6. The summed E-state index contributed by atoms with van der Waals surface area (Å²) in [6.07, 6.45) is 2.40. The van der Waals surface area contributed by atoms with Crippen molar-refractivity contribution in [3.63, 3.8) is 0 Å². The Labute approximate surface area is 175 Å². The molecule has 0 aliphatic carbocycles. The summed E-state index contributed by atoms with van der Waals surface area (Å²) >= 11 is 1.48. The summed E-state index contributed by atoms with van der Waals surface area (Å²) in [6, 6.07) is 16.2. The van der Waals surface area contributed by atoms with E-state index in [-0.39, 0.29) is 5.75 Å². The van der Waals surface area contributed by atoms with Gasteiger partial charge in [-0.3, -0.25) is 0 Å². The second-order valence-corrected chi connectivity index (χ2v) is 8.64. The predicted octanol–water partition coefficient (Wildman–Crippen LogP) is 4.37. The van der Waals surface area contributed by atoms with Gasteiger partial charge in [0, 0.05) is 30.5 Å². The molecule has 0 saturated carbocycles. The predicted molar refractivity (Wildman–Crippen MR) is 122 cm³/mol. The van der Waals surface area contributed by atoms with Gasteiger partial charge in [-0.05, 0) is 68.9 Å². The SMILES string of the molecule is CN(C)C1CCN(c2ccc(Nc3nc(N)c(-c4cccc(O)c4)s3)cc2)CC1. The van der Waals surface area contributed by atoms with Crippen molar-refractivity contribution in [3.05, 3.63) is 48.5 Å². The average molecular weight is 410 g/mol. The van der Waals surface area contributed by atoms with Gasteiger partial charge in [0.05, 0.1) is 4.88 Å². The summed E-state index contributed by atoms with van der Waals surface area (Å²) in [6.45, 7) is 2.18. The first-order chi connectivity index (χ1) is 14.0. The second-order valence-electron chi connectivity index (χ2n) is 7.64. The summed E-state index contributed by atoms with van der Waals surface area (Å²) in [5.41, 5.74) is 9.20. The number of nitrogen functional groups attached to an aromatic ring is 1. The molecule has 1 aromatic heterocycles. The molecule has 1 fully saturated rings. The van der Waals surface area contributed by atoms with Crippen LogP contribution in [0, 0.1) is 0 Å². The topological polar surface area (TPSA) is 77.7 Å². The first-order valence-corrected chi connectivity index (χ1v) is 10.7. The van der Waals surface area contributed by atoms with Crippen LogP contribution in [0.4, 0.5) is 22.3 Å². The van der Waals surface area contributed by atoms with Crippen molar-refractivity contribution < 1.29 is 5.11 Å². The number of rotatable bonds is 5. The average Bonchev–Trinajstić information content (AvgIpc) is 3.09. The van der Waals surface area contributed by atoms with Gasteiger partial charge in [0.2, 0.25) is 0 Å². The largest absolute Gasteiger partial charge is 0.508 e. The number of phenolic OH excluding ortho intramolecular Hbond substituents is 1. The number of thiazole rings is 1. The molecule has 4 N–H and O–H groups in total. The molecule has 4 rings (SSSR count). The van der Waals surface area contributed by atoms with Crippen LogP contribution in [-0.4, -0.2) is 48.2 Å². The van der Waals surface area contributed by atoms with Crippen molar-refractivity contribution in [3.8, 4) is 16.2 Å². The van der Waals surface area contributed by atoms with E-state index in [4.69, 9.17) is 5.73 Å². The number of piperidine rings is 1. The van der Waals surface area contributed by atoms with Gasteiger partial charge in [0.15, 0.2) is 5.13 Å². The fourth-order valence-corrected chi connectivity index (χ4v) is 4.66. The molecule has 0 spiro atoms. The van der Waals surface area contributed by atoms with Gasteiger partial charge in [-0.25, -0.2) is 4.98 Å². The van der Waals surface area contributed by atoms with Crippen LogP contribution in [0.3, 0.4) is 0 Å².